The van der Waals surface area contributed by atoms with Crippen LogP contribution in [0.4, 0.5) is 11.4 Å². The molecule has 0 bridgehead atoms. The fraction of sp³-hybridized carbons (Fsp3) is 0.353. The molecule has 2 N–H and O–H groups in total. The minimum atomic E-state index is -0.0545. The lowest BCUT2D eigenvalue weighted by molar-refractivity contribution is -0.114. The highest BCUT2D eigenvalue weighted by atomic mass is 16.3. The van der Waals surface area contributed by atoms with E-state index in [0.29, 0.717) is 6.04 Å². The van der Waals surface area contributed by atoms with Crippen LogP contribution in [-0.4, -0.2) is 11.9 Å². The van der Waals surface area contributed by atoms with Crippen LogP contribution >= 0.6 is 0 Å². The maximum absolute atomic E-state index is 11.2. The average Bonchev–Trinajstić information content (AvgIpc) is 2.93. The van der Waals surface area contributed by atoms with Gasteiger partial charge in [-0.2, -0.15) is 0 Å². The molecule has 4 nitrogen and oxygen atoms in total. The Morgan fingerprint density at radius 2 is 2.14 bits per heavy atom. The van der Waals surface area contributed by atoms with Gasteiger partial charge in [0, 0.05) is 30.8 Å². The van der Waals surface area contributed by atoms with Crippen molar-refractivity contribution in [3.8, 4) is 0 Å². The molecular weight excluding hydrogens is 264 g/mol. The zero-order valence-electron chi connectivity index (χ0n) is 12.8. The summed E-state index contributed by atoms with van der Waals surface area (Å²) in [5, 5.41) is 6.30. The number of benzene rings is 1. The molecular formula is C17H22N2O2. The number of hydrogen-bond acceptors (Lipinski definition) is 3. The van der Waals surface area contributed by atoms with Crippen LogP contribution in [0.5, 0.6) is 0 Å². The Hall–Kier alpha value is -2.23. The maximum atomic E-state index is 11.2. The summed E-state index contributed by atoms with van der Waals surface area (Å²) in [6, 6.07) is 10.2. The lowest BCUT2D eigenvalue weighted by atomic mass is 10.1. The zero-order chi connectivity index (χ0) is 15.2. The number of carbonyl (C=O) groups is 1. The molecule has 0 radical (unpaired) electrons. The molecule has 1 unspecified atom stereocenters. The predicted molar refractivity (Wildman–Crippen MR) is 85.6 cm³/mol. The zero-order valence-corrected chi connectivity index (χ0v) is 12.8. The van der Waals surface area contributed by atoms with E-state index >= 15 is 0 Å². The second-order valence-electron chi connectivity index (χ2n) is 5.37. The Labute approximate surface area is 125 Å². The second-order valence-corrected chi connectivity index (χ2v) is 5.37. The molecule has 1 aromatic heterocycles. The standard InChI is InChI=1S/C17H22N2O2/c1-12-6-8-15(11-17(12)19-14(3)20)18-13(2)7-9-16-5-4-10-21-16/h4-6,8,10-11,13,18H,7,9H2,1-3H3,(H,19,20). The van der Waals surface area contributed by atoms with E-state index in [4.69, 9.17) is 4.42 Å². The van der Waals surface area contributed by atoms with Gasteiger partial charge in [-0.3, -0.25) is 4.79 Å². The third-order valence-corrected chi connectivity index (χ3v) is 3.37. The van der Waals surface area contributed by atoms with Gasteiger partial charge < -0.3 is 15.1 Å². The summed E-state index contributed by atoms with van der Waals surface area (Å²) in [5.41, 5.74) is 2.92. The first-order valence-corrected chi connectivity index (χ1v) is 7.22. The number of amides is 1. The predicted octanol–water partition coefficient (Wildman–Crippen LogP) is 3.98. The summed E-state index contributed by atoms with van der Waals surface area (Å²) in [5.74, 6) is 0.951. The number of rotatable bonds is 6. The van der Waals surface area contributed by atoms with Gasteiger partial charge in [-0.15, -0.1) is 0 Å². The molecule has 21 heavy (non-hydrogen) atoms. The first-order valence-electron chi connectivity index (χ1n) is 7.22. The highest BCUT2D eigenvalue weighted by Gasteiger charge is 2.06. The van der Waals surface area contributed by atoms with Gasteiger partial charge in [-0.1, -0.05) is 6.07 Å². The molecule has 0 fully saturated rings. The summed E-state index contributed by atoms with van der Waals surface area (Å²) < 4.78 is 5.34. The summed E-state index contributed by atoms with van der Waals surface area (Å²) in [6.45, 7) is 5.64. The lowest BCUT2D eigenvalue weighted by Crippen LogP contribution is -2.16. The Morgan fingerprint density at radius 3 is 2.81 bits per heavy atom. The van der Waals surface area contributed by atoms with Crippen LogP contribution in [0.15, 0.2) is 41.0 Å². The maximum Gasteiger partial charge on any atom is 0.221 e. The van der Waals surface area contributed by atoms with Gasteiger partial charge >= 0.3 is 0 Å². The van der Waals surface area contributed by atoms with E-state index in [0.717, 1.165) is 35.5 Å². The van der Waals surface area contributed by atoms with Gasteiger partial charge in [0.1, 0.15) is 5.76 Å². The van der Waals surface area contributed by atoms with E-state index in [1.165, 1.54) is 6.92 Å². The number of aryl methyl sites for hydroxylation is 2. The summed E-state index contributed by atoms with van der Waals surface area (Å²) in [7, 11) is 0. The summed E-state index contributed by atoms with van der Waals surface area (Å²) in [6.07, 6.45) is 3.59. The lowest BCUT2D eigenvalue weighted by Gasteiger charge is -2.16. The Balaban J connectivity index is 1.93. The van der Waals surface area contributed by atoms with Gasteiger partial charge in [-0.05, 0) is 50.1 Å². The van der Waals surface area contributed by atoms with Gasteiger partial charge in [0.05, 0.1) is 6.26 Å². The van der Waals surface area contributed by atoms with Crippen LogP contribution in [0, 0.1) is 6.92 Å². The molecule has 0 aliphatic heterocycles. The normalized spacial score (nSPS) is 12.0. The number of carbonyl (C=O) groups excluding carboxylic acids is 1. The first kappa shape index (κ1) is 15.2. The molecule has 0 saturated carbocycles. The molecule has 1 aromatic carbocycles. The van der Waals surface area contributed by atoms with Gasteiger partial charge in [0.2, 0.25) is 5.91 Å². The molecule has 0 spiro atoms. The molecule has 0 saturated heterocycles. The number of nitrogens with one attached hydrogen (secondary N) is 2. The van der Waals surface area contributed by atoms with Crippen LogP contribution in [0.2, 0.25) is 0 Å². The van der Waals surface area contributed by atoms with E-state index in [2.05, 4.69) is 17.6 Å². The number of anilines is 2. The van der Waals surface area contributed by atoms with Crippen LogP contribution in [-0.2, 0) is 11.2 Å². The van der Waals surface area contributed by atoms with Crippen molar-refractivity contribution >= 4 is 17.3 Å². The van der Waals surface area contributed by atoms with E-state index in [9.17, 15) is 4.79 Å². The fourth-order valence-corrected chi connectivity index (χ4v) is 2.21. The van der Waals surface area contributed by atoms with Crippen molar-refractivity contribution in [3.63, 3.8) is 0 Å². The molecule has 0 aliphatic carbocycles. The molecule has 4 heteroatoms. The summed E-state index contributed by atoms with van der Waals surface area (Å²) in [4.78, 5) is 11.2. The van der Waals surface area contributed by atoms with Crippen LogP contribution < -0.4 is 10.6 Å². The number of furan rings is 1. The molecule has 2 aromatic rings. The van der Waals surface area contributed by atoms with Crippen molar-refractivity contribution < 1.29 is 9.21 Å². The van der Waals surface area contributed by atoms with Crippen LogP contribution in [0.25, 0.3) is 0 Å². The highest BCUT2D eigenvalue weighted by molar-refractivity contribution is 5.90. The van der Waals surface area contributed by atoms with Gasteiger partial charge in [-0.25, -0.2) is 0 Å². The minimum Gasteiger partial charge on any atom is -0.469 e. The molecule has 2 rings (SSSR count). The van der Waals surface area contributed by atoms with E-state index < -0.39 is 0 Å². The van der Waals surface area contributed by atoms with E-state index in [1.807, 2.05) is 37.3 Å². The number of hydrogen-bond donors (Lipinski definition) is 2. The molecule has 1 heterocycles. The topological polar surface area (TPSA) is 54.3 Å². The highest BCUT2D eigenvalue weighted by Crippen LogP contribution is 2.21. The third kappa shape index (κ3) is 4.67. The van der Waals surface area contributed by atoms with Crippen molar-refractivity contribution in [3.05, 3.63) is 47.9 Å². The quantitative estimate of drug-likeness (QED) is 0.844. The fourth-order valence-electron chi connectivity index (χ4n) is 2.21. The Bertz CT molecular complexity index is 591. The minimum absolute atomic E-state index is 0.0545. The van der Waals surface area contributed by atoms with Gasteiger partial charge in [0.25, 0.3) is 0 Å². The van der Waals surface area contributed by atoms with Crippen LogP contribution in [0.1, 0.15) is 31.6 Å². The molecule has 1 atom stereocenters. The van der Waals surface area contributed by atoms with Crippen molar-refractivity contribution in [1.82, 2.24) is 0 Å². The van der Waals surface area contributed by atoms with Gasteiger partial charge in [0.15, 0.2) is 0 Å². The third-order valence-electron chi connectivity index (χ3n) is 3.37. The Kier molecular flexibility index (Phi) is 5.04. The molecule has 0 aliphatic rings. The molecule has 1 amide bonds. The Morgan fingerprint density at radius 1 is 1.33 bits per heavy atom. The van der Waals surface area contributed by atoms with Crippen molar-refractivity contribution in [2.75, 3.05) is 10.6 Å². The molecule has 112 valence electrons. The van der Waals surface area contributed by atoms with E-state index in [1.54, 1.807) is 6.26 Å². The smallest absolute Gasteiger partial charge is 0.221 e. The second kappa shape index (κ2) is 6.97. The monoisotopic (exact) mass is 286 g/mol. The van der Waals surface area contributed by atoms with Crippen LogP contribution in [0.3, 0.4) is 0 Å². The van der Waals surface area contributed by atoms with Crippen molar-refractivity contribution in [2.24, 2.45) is 0 Å². The van der Waals surface area contributed by atoms with Crippen molar-refractivity contribution in [2.45, 2.75) is 39.7 Å². The average molecular weight is 286 g/mol. The van der Waals surface area contributed by atoms with E-state index in [-0.39, 0.29) is 5.91 Å². The van der Waals surface area contributed by atoms with Crippen molar-refractivity contribution in [1.29, 1.82) is 0 Å². The SMILES string of the molecule is CC(=O)Nc1cc(NC(C)CCc2ccco2)ccc1C. The first-order chi connectivity index (χ1) is 10.0. The summed E-state index contributed by atoms with van der Waals surface area (Å²) >= 11 is 0. The largest absolute Gasteiger partial charge is 0.469 e.